The number of hydrogen-bond acceptors (Lipinski definition) is 3. The molecule has 0 heterocycles. The molecule has 0 amide bonds. The van der Waals surface area contributed by atoms with E-state index in [9.17, 15) is 5.11 Å². The van der Waals surface area contributed by atoms with Crippen molar-refractivity contribution in [1.82, 2.24) is 0 Å². The Morgan fingerprint density at radius 2 is 2.19 bits per heavy atom. The molecule has 0 saturated heterocycles. The Hall–Kier alpha value is -1.69. The van der Waals surface area contributed by atoms with Gasteiger partial charge in [-0.05, 0) is 31.9 Å². The molecule has 86 valence electrons. The van der Waals surface area contributed by atoms with E-state index < -0.39 is 0 Å². The molecule has 1 N–H and O–H groups in total. The lowest BCUT2D eigenvalue weighted by Gasteiger charge is -2.23. The average Bonchev–Trinajstić information content (AvgIpc) is 2.29. The minimum absolute atomic E-state index is 0.299. The zero-order valence-electron chi connectivity index (χ0n) is 9.69. The fourth-order valence-corrected chi connectivity index (χ4v) is 1.67. The summed E-state index contributed by atoms with van der Waals surface area (Å²) in [5, 5.41) is 17.8. The summed E-state index contributed by atoms with van der Waals surface area (Å²) >= 11 is 0. The standard InChI is InChI=1S/C13H18N2O/c1-2-15(10-5-3-4-9-14)12-7-6-8-13(16)11-12/h6-8,11,16H,2-5,10H2,1H3. The molecule has 0 aliphatic rings. The number of hydrogen-bond donors (Lipinski definition) is 1. The van der Waals surface area contributed by atoms with Crippen molar-refractivity contribution < 1.29 is 5.11 Å². The van der Waals surface area contributed by atoms with Gasteiger partial charge in [0.2, 0.25) is 0 Å². The van der Waals surface area contributed by atoms with E-state index in [1.54, 1.807) is 12.1 Å². The third-order valence-corrected chi connectivity index (χ3v) is 2.54. The SMILES string of the molecule is CCN(CCCCC#N)c1cccc(O)c1. The molecule has 0 atom stereocenters. The first kappa shape index (κ1) is 12.4. The zero-order valence-corrected chi connectivity index (χ0v) is 9.69. The lowest BCUT2D eigenvalue weighted by Crippen LogP contribution is -2.23. The Labute approximate surface area is 96.9 Å². The lowest BCUT2D eigenvalue weighted by atomic mass is 10.2. The fraction of sp³-hybridized carbons (Fsp3) is 0.462. The van der Waals surface area contributed by atoms with Crippen molar-refractivity contribution in [2.45, 2.75) is 26.2 Å². The largest absolute Gasteiger partial charge is 0.508 e. The number of benzene rings is 1. The van der Waals surface area contributed by atoms with Crippen LogP contribution in [0.5, 0.6) is 5.75 Å². The van der Waals surface area contributed by atoms with Gasteiger partial charge in [0.05, 0.1) is 6.07 Å². The number of anilines is 1. The average molecular weight is 218 g/mol. The molecule has 3 nitrogen and oxygen atoms in total. The van der Waals surface area contributed by atoms with E-state index in [0.29, 0.717) is 12.2 Å². The molecule has 0 radical (unpaired) electrons. The van der Waals surface area contributed by atoms with E-state index in [-0.39, 0.29) is 0 Å². The first-order valence-corrected chi connectivity index (χ1v) is 5.69. The van der Waals surface area contributed by atoms with Gasteiger partial charge in [-0.1, -0.05) is 6.07 Å². The van der Waals surface area contributed by atoms with E-state index in [1.165, 1.54) is 0 Å². The van der Waals surface area contributed by atoms with Gasteiger partial charge in [0, 0.05) is 31.3 Å². The van der Waals surface area contributed by atoms with Gasteiger partial charge in [-0.25, -0.2) is 0 Å². The van der Waals surface area contributed by atoms with Crippen LogP contribution in [0.4, 0.5) is 5.69 Å². The predicted molar refractivity (Wildman–Crippen MR) is 65.5 cm³/mol. The highest BCUT2D eigenvalue weighted by Crippen LogP contribution is 2.20. The second kappa shape index (κ2) is 6.73. The topological polar surface area (TPSA) is 47.3 Å². The molecule has 0 saturated carbocycles. The molecule has 0 fully saturated rings. The van der Waals surface area contributed by atoms with Crippen LogP contribution in [-0.4, -0.2) is 18.2 Å². The lowest BCUT2D eigenvalue weighted by molar-refractivity contribution is 0.475. The minimum atomic E-state index is 0.299. The number of phenolic OH excluding ortho intramolecular Hbond substituents is 1. The van der Waals surface area contributed by atoms with Crippen LogP contribution in [0.2, 0.25) is 0 Å². The molecule has 0 spiro atoms. The molecule has 0 unspecified atom stereocenters. The summed E-state index contributed by atoms with van der Waals surface area (Å²) in [6.45, 7) is 3.94. The molecule has 0 bridgehead atoms. The molecule has 16 heavy (non-hydrogen) atoms. The molecular formula is C13H18N2O. The van der Waals surface area contributed by atoms with Gasteiger partial charge in [0.15, 0.2) is 0 Å². The van der Waals surface area contributed by atoms with Crippen molar-refractivity contribution in [3.05, 3.63) is 24.3 Å². The first-order chi connectivity index (χ1) is 7.77. The van der Waals surface area contributed by atoms with Crippen molar-refractivity contribution in [3.8, 4) is 11.8 Å². The Bertz CT molecular complexity index is 357. The monoisotopic (exact) mass is 218 g/mol. The summed E-state index contributed by atoms with van der Waals surface area (Å²) in [7, 11) is 0. The molecular weight excluding hydrogens is 200 g/mol. The summed E-state index contributed by atoms with van der Waals surface area (Å²) in [6, 6.07) is 9.44. The van der Waals surface area contributed by atoms with Crippen molar-refractivity contribution in [2.75, 3.05) is 18.0 Å². The van der Waals surface area contributed by atoms with Crippen LogP contribution in [0.25, 0.3) is 0 Å². The summed E-state index contributed by atoms with van der Waals surface area (Å²) in [5.41, 5.74) is 1.04. The second-order valence-corrected chi connectivity index (χ2v) is 3.71. The third-order valence-electron chi connectivity index (χ3n) is 2.54. The van der Waals surface area contributed by atoms with Crippen LogP contribution in [0.3, 0.4) is 0 Å². The molecule has 3 heteroatoms. The summed E-state index contributed by atoms with van der Waals surface area (Å²) in [5.74, 6) is 0.299. The minimum Gasteiger partial charge on any atom is -0.508 e. The van der Waals surface area contributed by atoms with Crippen molar-refractivity contribution in [2.24, 2.45) is 0 Å². The molecule has 0 aliphatic heterocycles. The van der Waals surface area contributed by atoms with Gasteiger partial charge in [0.25, 0.3) is 0 Å². The molecule has 1 rings (SSSR count). The van der Waals surface area contributed by atoms with Gasteiger partial charge >= 0.3 is 0 Å². The smallest absolute Gasteiger partial charge is 0.117 e. The van der Waals surface area contributed by atoms with Crippen molar-refractivity contribution in [1.29, 1.82) is 5.26 Å². The molecule has 1 aromatic carbocycles. The number of nitrogens with zero attached hydrogens (tertiary/aromatic N) is 2. The fourth-order valence-electron chi connectivity index (χ4n) is 1.67. The van der Waals surface area contributed by atoms with Crippen LogP contribution in [0.1, 0.15) is 26.2 Å². The second-order valence-electron chi connectivity index (χ2n) is 3.71. The normalized spacial score (nSPS) is 9.75. The molecule has 0 aliphatic carbocycles. The van der Waals surface area contributed by atoms with E-state index in [4.69, 9.17) is 5.26 Å². The predicted octanol–water partition coefficient (Wildman–Crippen LogP) is 2.91. The summed E-state index contributed by atoms with van der Waals surface area (Å²) < 4.78 is 0. The first-order valence-electron chi connectivity index (χ1n) is 5.69. The maximum atomic E-state index is 9.40. The zero-order chi connectivity index (χ0) is 11.8. The van der Waals surface area contributed by atoms with Gasteiger partial charge in [-0.3, -0.25) is 0 Å². The highest BCUT2D eigenvalue weighted by atomic mass is 16.3. The molecule has 0 aromatic heterocycles. The van der Waals surface area contributed by atoms with Gasteiger partial charge in [-0.2, -0.15) is 5.26 Å². The number of phenols is 1. The van der Waals surface area contributed by atoms with E-state index in [0.717, 1.165) is 31.6 Å². The Balaban J connectivity index is 2.51. The quantitative estimate of drug-likeness (QED) is 0.747. The summed E-state index contributed by atoms with van der Waals surface area (Å²) in [6.07, 6.45) is 2.57. The van der Waals surface area contributed by atoms with Crippen LogP contribution < -0.4 is 4.90 Å². The Kier molecular flexibility index (Phi) is 5.21. The highest BCUT2D eigenvalue weighted by Gasteiger charge is 2.04. The van der Waals surface area contributed by atoms with Crippen LogP contribution >= 0.6 is 0 Å². The van der Waals surface area contributed by atoms with Gasteiger partial charge in [-0.15, -0.1) is 0 Å². The van der Waals surface area contributed by atoms with Crippen molar-refractivity contribution >= 4 is 5.69 Å². The number of rotatable bonds is 6. The van der Waals surface area contributed by atoms with E-state index in [1.807, 2.05) is 12.1 Å². The number of nitriles is 1. The van der Waals surface area contributed by atoms with Crippen molar-refractivity contribution in [3.63, 3.8) is 0 Å². The third kappa shape index (κ3) is 3.82. The maximum absolute atomic E-state index is 9.40. The maximum Gasteiger partial charge on any atom is 0.117 e. The van der Waals surface area contributed by atoms with Gasteiger partial charge < -0.3 is 10.0 Å². The Morgan fingerprint density at radius 3 is 2.81 bits per heavy atom. The van der Waals surface area contributed by atoms with Crippen LogP contribution in [-0.2, 0) is 0 Å². The number of aromatic hydroxyl groups is 1. The Morgan fingerprint density at radius 1 is 1.38 bits per heavy atom. The highest BCUT2D eigenvalue weighted by molar-refractivity contribution is 5.50. The number of unbranched alkanes of at least 4 members (excludes halogenated alkanes) is 2. The van der Waals surface area contributed by atoms with E-state index in [2.05, 4.69) is 17.9 Å². The summed E-state index contributed by atoms with van der Waals surface area (Å²) in [4.78, 5) is 2.21. The van der Waals surface area contributed by atoms with E-state index >= 15 is 0 Å². The van der Waals surface area contributed by atoms with Gasteiger partial charge in [0.1, 0.15) is 5.75 Å². The van der Waals surface area contributed by atoms with Crippen LogP contribution in [0, 0.1) is 11.3 Å². The van der Waals surface area contributed by atoms with Crippen LogP contribution in [0.15, 0.2) is 24.3 Å². The molecule has 1 aromatic rings.